The van der Waals surface area contributed by atoms with Gasteiger partial charge in [-0.15, -0.1) is 10.2 Å². The van der Waals surface area contributed by atoms with Gasteiger partial charge in [0, 0.05) is 43.7 Å². The van der Waals surface area contributed by atoms with Crippen LogP contribution in [0.1, 0.15) is 11.5 Å². The van der Waals surface area contributed by atoms with E-state index in [1.165, 1.54) is 0 Å². The summed E-state index contributed by atoms with van der Waals surface area (Å²) in [5.74, 6) is -1.64. The van der Waals surface area contributed by atoms with Gasteiger partial charge in [-0.05, 0) is 29.8 Å². The molecule has 0 aliphatic carbocycles. The van der Waals surface area contributed by atoms with Crippen molar-refractivity contribution >= 4 is 22.7 Å². The molecule has 1 saturated heterocycles. The Kier molecular flexibility index (Phi) is 6.98. The average molecular weight is 494 g/mol. The molecular formula is C22H22F3N5O3S. The van der Waals surface area contributed by atoms with Gasteiger partial charge in [-0.1, -0.05) is 30.3 Å². The highest BCUT2D eigenvalue weighted by Crippen LogP contribution is 2.30. The summed E-state index contributed by atoms with van der Waals surface area (Å²) in [6.07, 6.45) is -3.09. The van der Waals surface area contributed by atoms with Crippen LogP contribution in [0.25, 0.3) is 11.5 Å². The SMILES string of the molecule is CS(=O)N1CCN(C(=O)N(Cc2ccc(-c3nnc(C(F)(F)F)o3)cc2)c2ccccc2)CC1. The number of urea groups is 1. The molecule has 0 bridgehead atoms. The number of carbonyl (C=O) groups is 1. The number of para-hydroxylation sites is 1. The van der Waals surface area contributed by atoms with E-state index in [2.05, 4.69) is 10.2 Å². The van der Waals surface area contributed by atoms with Crippen molar-refractivity contribution in [3.05, 3.63) is 66.1 Å². The van der Waals surface area contributed by atoms with Crippen molar-refractivity contribution < 1.29 is 26.6 Å². The number of halogens is 3. The number of anilines is 1. The summed E-state index contributed by atoms with van der Waals surface area (Å²) < 4.78 is 56.4. The maximum atomic E-state index is 13.4. The topological polar surface area (TPSA) is 82.8 Å². The minimum Gasteiger partial charge on any atom is -0.413 e. The Labute approximate surface area is 196 Å². The molecule has 1 unspecified atom stereocenters. The van der Waals surface area contributed by atoms with Gasteiger partial charge in [-0.25, -0.2) is 13.3 Å². The van der Waals surface area contributed by atoms with Crippen LogP contribution < -0.4 is 4.90 Å². The Balaban J connectivity index is 1.51. The molecule has 2 aromatic carbocycles. The molecule has 1 aromatic heterocycles. The lowest BCUT2D eigenvalue weighted by atomic mass is 10.1. The molecule has 1 aliphatic rings. The maximum absolute atomic E-state index is 13.4. The number of amides is 2. The number of piperazine rings is 1. The van der Waals surface area contributed by atoms with Gasteiger partial charge in [-0.3, -0.25) is 4.90 Å². The van der Waals surface area contributed by atoms with Gasteiger partial charge in [0.1, 0.15) is 0 Å². The van der Waals surface area contributed by atoms with Crippen LogP contribution in [0.15, 0.2) is 59.0 Å². The smallest absolute Gasteiger partial charge is 0.413 e. The van der Waals surface area contributed by atoms with Crippen molar-refractivity contribution in [2.75, 3.05) is 37.3 Å². The van der Waals surface area contributed by atoms with Gasteiger partial charge in [0.15, 0.2) is 0 Å². The summed E-state index contributed by atoms with van der Waals surface area (Å²) >= 11 is 0. The van der Waals surface area contributed by atoms with Crippen molar-refractivity contribution in [3.8, 4) is 11.5 Å². The molecule has 12 heteroatoms. The predicted octanol–water partition coefficient (Wildman–Crippen LogP) is 3.79. The van der Waals surface area contributed by atoms with Gasteiger partial charge in [0.05, 0.1) is 17.5 Å². The second-order valence-electron chi connectivity index (χ2n) is 7.65. The molecule has 1 atom stereocenters. The standard InChI is InChI=1S/C22H22F3N5O3S/c1-34(32)29-13-11-28(12-14-29)21(31)30(18-5-3-2-4-6-18)15-16-7-9-17(10-8-16)19-26-27-20(33-19)22(23,24)25/h2-10H,11-15H2,1H3. The quantitative estimate of drug-likeness (QED) is 0.540. The lowest BCUT2D eigenvalue weighted by molar-refractivity contribution is -0.156. The van der Waals surface area contributed by atoms with Crippen LogP contribution in [0.5, 0.6) is 0 Å². The third kappa shape index (κ3) is 5.45. The second kappa shape index (κ2) is 9.94. The molecule has 2 amide bonds. The van der Waals surface area contributed by atoms with E-state index in [1.807, 2.05) is 34.6 Å². The average Bonchev–Trinajstić information content (AvgIpc) is 3.34. The summed E-state index contributed by atoms with van der Waals surface area (Å²) in [7, 11) is -1.08. The van der Waals surface area contributed by atoms with Crippen molar-refractivity contribution in [3.63, 3.8) is 0 Å². The fraction of sp³-hybridized carbons (Fsp3) is 0.318. The van der Waals surface area contributed by atoms with E-state index < -0.39 is 23.1 Å². The predicted molar refractivity (Wildman–Crippen MR) is 120 cm³/mol. The molecule has 3 aromatic rings. The van der Waals surface area contributed by atoms with Gasteiger partial charge < -0.3 is 9.32 Å². The summed E-state index contributed by atoms with van der Waals surface area (Å²) in [4.78, 5) is 16.7. The lowest BCUT2D eigenvalue weighted by Crippen LogP contribution is -2.53. The number of hydrogen-bond acceptors (Lipinski definition) is 5. The summed E-state index contributed by atoms with van der Waals surface area (Å²) in [5.41, 5.74) is 1.82. The highest BCUT2D eigenvalue weighted by molar-refractivity contribution is 7.81. The van der Waals surface area contributed by atoms with Crippen LogP contribution in [-0.4, -0.2) is 62.1 Å². The first-order chi connectivity index (χ1) is 16.2. The molecule has 34 heavy (non-hydrogen) atoms. The van der Waals surface area contributed by atoms with Crippen molar-refractivity contribution in [1.29, 1.82) is 0 Å². The third-order valence-electron chi connectivity index (χ3n) is 5.38. The monoisotopic (exact) mass is 493 g/mol. The van der Waals surface area contributed by atoms with Crippen molar-refractivity contribution in [2.45, 2.75) is 12.7 Å². The minimum absolute atomic E-state index is 0.177. The van der Waals surface area contributed by atoms with Crippen LogP contribution in [0.4, 0.5) is 23.7 Å². The fourth-order valence-electron chi connectivity index (χ4n) is 3.57. The van der Waals surface area contributed by atoms with Crippen LogP contribution in [0.2, 0.25) is 0 Å². The Hall–Kier alpha value is -3.25. The van der Waals surface area contributed by atoms with Gasteiger partial charge in [0.25, 0.3) is 0 Å². The Morgan fingerprint density at radius 1 is 1.03 bits per heavy atom. The molecule has 0 radical (unpaired) electrons. The number of hydrogen-bond donors (Lipinski definition) is 0. The molecular weight excluding hydrogens is 471 g/mol. The molecule has 4 rings (SSSR count). The van der Waals surface area contributed by atoms with Gasteiger partial charge in [0.2, 0.25) is 5.89 Å². The third-order valence-corrected chi connectivity index (χ3v) is 6.47. The van der Waals surface area contributed by atoms with E-state index in [-0.39, 0.29) is 18.5 Å². The molecule has 180 valence electrons. The Bertz CT molecular complexity index is 1150. The molecule has 1 fully saturated rings. The summed E-state index contributed by atoms with van der Waals surface area (Å²) in [6.45, 7) is 2.21. The number of aromatic nitrogens is 2. The molecule has 0 saturated carbocycles. The number of carbonyl (C=O) groups excluding carboxylic acids is 1. The molecule has 0 N–H and O–H groups in total. The number of alkyl halides is 3. The first kappa shape index (κ1) is 23.9. The van der Waals surface area contributed by atoms with Crippen LogP contribution in [0, 0.1) is 0 Å². The zero-order chi connectivity index (χ0) is 24.3. The summed E-state index contributed by atoms with van der Waals surface area (Å²) in [5, 5.41) is 6.51. The van der Waals surface area contributed by atoms with E-state index in [0.29, 0.717) is 37.4 Å². The fourth-order valence-corrected chi connectivity index (χ4v) is 4.25. The molecule has 0 spiro atoms. The van der Waals surface area contributed by atoms with Gasteiger partial charge >= 0.3 is 18.1 Å². The highest BCUT2D eigenvalue weighted by Gasteiger charge is 2.38. The van der Waals surface area contributed by atoms with E-state index >= 15 is 0 Å². The normalized spacial score (nSPS) is 15.8. The maximum Gasteiger partial charge on any atom is 0.470 e. The van der Waals surface area contributed by atoms with Crippen LogP contribution >= 0.6 is 0 Å². The summed E-state index contributed by atoms with van der Waals surface area (Å²) in [6, 6.07) is 15.6. The van der Waals surface area contributed by atoms with Gasteiger partial charge in [-0.2, -0.15) is 13.2 Å². The van der Waals surface area contributed by atoms with Crippen LogP contribution in [0.3, 0.4) is 0 Å². The molecule has 1 aliphatic heterocycles. The number of nitrogens with zero attached hydrogens (tertiary/aromatic N) is 5. The zero-order valence-electron chi connectivity index (χ0n) is 18.2. The van der Waals surface area contributed by atoms with Crippen molar-refractivity contribution in [2.24, 2.45) is 0 Å². The minimum atomic E-state index is -4.71. The number of rotatable bonds is 5. The lowest BCUT2D eigenvalue weighted by Gasteiger charge is -2.36. The molecule has 8 nitrogen and oxygen atoms in total. The van der Waals surface area contributed by atoms with Crippen LogP contribution in [-0.2, 0) is 23.7 Å². The molecule has 2 heterocycles. The van der Waals surface area contributed by atoms with Crippen molar-refractivity contribution in [1.82, 2.24) is 19.4 Å². The first-order valence-electron chi connectivity index (χ1n) is 10.4. The largest absolute Gasteiger partial charge is 0.470 e. The van der Waals surface area contributed by atoms with E-state index in [9.17, 15) is 22.2 Å². The Morgan fingerprint density at radius 3 is 2.24 bits per heavy atom. The first-order valence-corrected chi connectivity index (χ1v) is 11.9. The van der Waals surface area contributed by atoms with E-state index in [0.717, 1.165) is 5.56 Å². The second-order valence-corrected chi connectivity index (χ2v) is 9.02. The zero-order valence-corrected chi connectivity index (χ0v) is 19.1. The van der Waals surface area contributed by atoms with E-state index in [4.69, 9.17) is 4.42 Å². The van der Waals surface area contributed by atoms with E-state index in [1.54, 1.807) is 40.3 Å². The Morgan fingerprint density at radius 2 is 1.68 bits per heavy atom. The number of benzene rings is 2. The highest BCUT2D eigenvalue weighted by atomic mass is 32.2.